The summed E-state index contributed by atoms with van der Waals surface area (Å²) in [4.78, 5) is 17.8. The molecule has 22 heavy (non-hydrogen) atoms. The summed E-state index contributed by atoms with van der Waals surface area (Å²) >= 11 is 0. The van der Waals surface area contributed by atoms with E-state index < -0.39 is 11.7 Å². The van der Waals surface area contributed by atoms with Crippen molar-refractivity contribution in [1.29, 1.82) is 0 Å². The van der Waals surface area contributed by atoms with Crippen LogP contribution in [0.5, 0.6) is 0 Å². The third kappa shape index (κ3) is 2.81. The van der Waals surface area contributed by atoms with Crippen LogP contribution in [0.25, 0.3) is 11.3 Å². The maximum Gasteiger partial charge on any atom is 0.416 e. The van der Waals surface area contributed by atoms with Crippen molar-refractivity contribution in [2.75, 3.05) is 13.1 Å². The van der Waals surface area contributed by atoms with Crippen molar-refractivity contribution in [3.8, 4) is 11.3 Å². The molecule has 2 aromatic rings. The van der Waals surface area contributed by atoms with Crippen LogP contribution in [0, 0.1) is 0 Å². The van der Waals surface area contributed by atoms with Crippen molar-refractivity contribution in [3.63, 3.8) is 0 Å². The zero-order valence-corrected chi connectivity index (χ0v) is 11.6. The van der Waals surface area contributed by atoms with Crippen LogP contribution in [0.1, 0.15) is 22.3 Å². The first kappa shape index (κ1) is 14.6. The summed E-state index contributed by atoms with van der Waals surface area (Å²) in [6.45, 7) is 1.45. The molecule has 0 N–H and O–H groups in total. The second-order valence-corrected chi connectivity index (χ2v) is 5.15. The highest BCUT2D eigenvalue weighted by atomic mass is 19.4. The van der Waals surface area contributed by atoms with Gasteiger partial charge in [-0.25, -0.2) is 0 Å². The Morgan fingerprint density at radius 1 is 1.14 bits per heavy atom. The minimum Gasteiger partial charge on any atom is -0.339 e. The predicted octanol–water partition coefficient (Wildman–Crippen LogP) is 3.61. The number of halogens is 3. The molecule has 0 bridgehead atoms. The van der Waals surface area contributed by atoms with E-state index in [0.717, 1.165) is 37.8 Å². The number of carbonyl (C=O) groups excluding carboxylic acids is 1. The molecular weight excluding hydrogens is 293 g/mol. The Morgan fingerprint density at radius 2 is 1.91 bits per heavy atom. The highest BCUT2D eigenvalue weighted by Crippen LogP contribution is 2.31. The molecule has 6 heteroatoms. The van der Waals surface area contributed by atoms with Crippen LogP contribution >= 0.6 is 0 Å². The van der Waals surface area contributed by atoms with E-state index in [1.807, 2.05) is 0 Å². The number of rotatable bonds is 2. The number of aromatic nitrogens is 1. The Kier molecular flexibility index (Phi) is 3.60. The van der Waals surface area contributed by atoms with Crippen LogP contribution in [0.15, 0.2) is 42.6 Å². The molecule has 1 saturated heterocycles. The molecule has 3 nitrogen and oxygen atoms in total. The SMILES string of the molecule is O=C(c1cccc(-c2cc(C(F)(F)F)ccn2)c1)N1CCC1. The second-order valence-electron chi connectivity index (χ2n) is 5.15. The van der Waals surface area contributed by atoms with E-state index in [2.05, 4.69) is 4.98 Å². The Labute approximate surface area is 125 Å². The molecule has 0 aliphatic carbocycles. The van der Waals surface area contributed by atoms with Crippen molar-refractivity contribution in [1.82, 2.24) is 9.88 Å². The summed E-state index contributed by atoms with van der Waals surface area (Å²) in [6, 6.07) is 8.48. The van der Waals surface area contributed by atoms with Gasteiger partial charge in [0.25, 0.3) is 5.91 Å². The smallest absolute Gasteiger partial charge is 0.339 e. The second kappa shape index (κ2) is 5.44. The maximum absolute atomic E-state index is 12.8. The van der Waals surface area contributed by atoms with Crippen molar-refractivity contribution >= 4 is 5.91 Å². The van der Waals surface area contributed by atoms with Crippen LogP contribution in [0.3, 0.4) is 0 Å². The molecule has 1 aromatic carbocycles. The monoisotopic (exact) mass is 306 g/mol. The number of benzene rings is 1. The van der Waals surface area contributed by atoms with E-state index in [0.29, 0.717) is 11.1 Å². The molecule has 0 spiro atoms. The van der Waals surface area contributed by atoms with E-state index in [1.54, 1.807) is 29.2 Å². The lowest BCUT2D eigenvalue weighted by Crippen LogP contribution is -2.42. The molecular formula is C16H13F3N2O. The van der Waals surface area contributed by atoms with Gasteiger partial charge in [0.15, 0.2) is 0 Å². The van der Waals surface area contributed by atoms with Gasteiger partial charge in [0.2, 0.25) is 0 Å². The number of hydrogen-bond donors (Lipinski definition) is 0. The quantitative estimate of drug-likeness (QED) is 0.849. The van der Waals surface area contributed by atoms with E-state index >= 15 is 0 Å². The summed E-state index contributed by atoms with van der Waals surface area (Å²) < 4.78 is 38.3. The summed E-state index contributed by atoms with van der Waals surface area (Å²) in [6.07, 6.45) is -2.30. The third-order valence-corrected chi connectivity index (χ3v) is 3.64. The first-order valence-electron chi connectivity index (χ1n) is 6.88. The van der Waals surface area contributed by atoms with Crippen LogP contribution < -0.4 is 0 Å². The van der Waals surface area contributed by atoms with Crippen molar-refractivity contribution in [3.05, 3.63) is 53.7 Å². The molecule has 1 amide bonds. The standard InChI is InChI=1S/C16H13F3N2O/c17-16(18,19)13-5-6-20-14(10-13)11-3-1-4-12(9-11)15(22)21-7-2-8-21/h1,3-6,9-10H,2,7-8H2. The maximum atomic E-state index is 12.8. The molecule has 3 rings (SSSR count). The molecule has 1 aliphatic heterocycles. The largest absolute Gasteiger partial charge is 0.416 e. The van der Waals surface area contributed by atoms with Crippen molar-refractivity contribution < 1.29 is 18.0 Å². The van der Waals surface area contributed by atoms with Gasteiger partial charge in [-0.05, 0) is 30.7 Å². The van der Waals surface area contributed by atoms with Crippen molar-refractivity contribution in [2.45, 2.75) is 12.6 Å². The highest BCUT2D eigenvalue weighted by Gasteiger charge is 2.30. The molecule has 0 unspecified atom stereocenters. The predicted molar refractivity (Wildman–Crippen MR) is 75.2 cm³/mol. The van der Waals surface area contributed by atoms with Gasteiger partial charge in [-0.1, -0.05) is 12.1 Å². The number of nitrogens with zero attached hydrogens (tertiary/aromatic N) is 2. The van der Waals surface area contributed by atoms with Crippen LogP contribution in [-0.2, 0) is 6.18 Å². The molecule has 0 saturated carbocycles. The highest BCUT2D eigenvalue weighted by molar-refractivity contribution is 5.95. The topological polar surface area (TPSA) is 33.2 Å². The lowest BCUT2D eigenvalue weighted by atomic mass is 10.0. The molecule has 2 heterocycles. The molecule has 1 fully saturated rings. The number of hydrogen-bond acceptors (Lipinski definition) is 2. The van der Waals surface area contributed by atoms with Gasteiger partial charge >= 0.3 is 6.18 Å². The van der Waals surface area contributed by atoms with E-state index in [9.17, 15) is 18.0 Å². The van der Waals surface area contributed by atoms with E-state index in [1.165, 1.54) is 0 Å². The van der Waals surface area contributed by atoms with E-state index in [4.69, 9.17) is 0 Å². The fourth-order valence-electron chi connectivity index (χ4n) is 2.28. The van der Waals surface area contributed by atoms with Gasteiger partial charge in [-0.2, -0.15) is 13.2 Å². The van der Waals surface area contributed by atoms with Gasteiger partial charge in [-0.3, -0.25) is 9.78 Å². The molecule has 1 aromatic heterocycles. The lowest BCUT2D eigenvalue weighted by molar-refractivity contribution is -0.137. The van der Waals surface area contributed by atoms with Gasteiger partial charge in [0, 0.05) is 30.4 Å². The third-order valence-electron chi connectivity index (χ3n) is 3.64. The Morgan fingerprint density at radius 3 is 2.55 bits per heavy atom. The Balaban J connectivity index is 1.93. The zero-order valence-electron chi connectivity index (χ0n) is 11.6. The average Bonchev–Trinajstić information content (AvgIpc) is 2.45. The number of alkyl halides is 3. The number of amides is 1. The number of pyridine rings is 1. The molecule has 0 radical (unpaired) electrons. The fraction of sp³-hybridized carbons (Fsp3) is 0.250. The minimum atomic E-state index is -4.41. The van der Waals surface area contributed by atoms with Crippen LogP contribution in [0.2, 0.25) is 0 Å². The Hall–Kier alpha value is -2.37. The van der Waals surface area contributed by atoms with Crippen LogP contribution in [-0.4, -0.2) is 28.9 Å². The van der Waals surface area contributed by atoms with Gasteiger partial charge in [0.05, 0.1) is 11.3 Å². The normalized spacial score (nSPS) is 14.6. The summed E-state index contributed by atoms with van der Waals surface area (Å²) in [5.41, 5.74) is 0.416. The number of likely N-dealkylation sites (tertiary alicyclic amines) is 1. The first-order valence-corrected chi connectivity index (χ1v) is 6.88. The number of carbonyl (C=O) groups is 1. The van der Waals surface area contributed by atoms with Gasteiger partial charge < -0.3 is 4.90 Å². The fourth-order valence-corrected chi connectivity index (χ4v) is 2.28. The van der Waals surface area contributed by atoms with Crippen molar-refractivity contribution in [2.24, 2.45) is 0 Å². The summed E-state index contributed by atoms with van der Waals surface area (Å²) in [7, 11) is 0. The summed E-state index contributed by atoms with van der Waals surface area (Å²) in [5, 5.41) is 0. The van der Waals surface area contributed by atoms with E-state index in [-0.39, 0.29) is 11.6 Å². The first-order chi connectivity index (χ1) is 10.4. The minimum absolute atomic E-state index is 0.0972. The van der Waals surface area contributed by atoms with Crippen LogP contribution in [0.4, 0.5) is 13.2 Å². The zero-order chi connectivity index (χ0) is 15.7. The molecule has 1 aliphatic rings. The van der Waals surface area contributed by atoms with Gasteiger partial charge in [0.1, 0.15) is 0 Å². The molecule has 114 valence electrons. The van der Waals surface area contributed by atoms with Gasteiger partial charge in [-0.15, -0.1) is 0 Å². The Bertz CT molecular complexity index is 709. The lowest BCUT2D eigenvalue weighted by Gasteiger charge is -2.31. The average molecular weight is 306 g/mol. The summed E-state index contributed by atoms with van der Waals surface area (Å²) in [5.74, 6) is -0.0972. The molecule has 0 atom stereocenters.